The van der Waals surface area contributed by atoms with Gasteiger partial charge in [0.2, 0.25) is 0 Å². The van der Waals surface area contributed by atoms with Crippen molar-refractivity contribution in [3.8, 4) is 0 Å². The number of carboxylic acid groups (broad SMARTS) is 2. The van der Waals surface area contributed by atoms with Crippen LogP contribution in [0.1, 0.15) is 6.92 Å². The van der Waals surface area contributed by atoms with E-state index in [0.29, 0.717) is 0 Å². The summed E-state index contributed by atoms with van der Waals surface area (Å²) in [7, 11) is 0. The molecule has 0 aromatic rings. The summed E-state index contributed by atoms with van der Waals surface area (Å²) in [6, 6.07) is 0. The Balaban J connectivity index is 0. The summed E-state index contributed by atoms with van der Waals surface area (Å²) in [5, 5.41) is 16.5. The van der Waals surface area contributed by atoms with E-state index >= 15 is 0 Å². The van der Waals surface area contributed by atoms with Crippen molar-refractivity contribution >= 4 is 11.9 Å². The minimum atomic E-state index is -1.27. The molecule has 0 aromatic heterocycles. The fourth-order valence-corrected chi connectivity index (χ4v) is 0.334. The summed E-state index contributed by atoms with van der Waals surface area (Å²) in [5.41, 5.74) is -0.299. The Morgan fingerprint density at radius 3 is 1.82 bits per heavy atom. The molecular formula is C6H8HfO4. The number of hydrogen-bond donors (Lipinski definition) is 2. The molecule has 0 fully saturated rings. The number of carboxylic acids is 2. The van der Waals surface area contributed by atoms with E-state index < -0.39 is 17.9 Å². The van der Waals surface area contributed by atoms with Crippen LogP contribution in [-0.4, -0.2) is 22.2 Å². The molecule has 0 aliphatic heterocycles. The second kappa shape index (κ2) is 5.23. The third-order valence-electron chi connectivity index (χ3n) is 1.17. The fourth-order valence-electron chi connectivity index (χ4n) is 0.334. The minimum absolute atomic E-state index is 0. The van der Waals surface area contributed by atoms with Crippen LogP contribution < -0.4 is 0 Å². The summed E-state index contributed by atoms with van der Waals surface area (Å²) >= 11 is 0. The molecule has 0 saturated carbocycles. The summed E-state index contributed by atoms with van der Waals surface area (Å²) in [6.45, 7) is 4.37. The first-order chi connectivity index (χ1) is 4.46. The third-order valence-corrected chi connectivity index (χ3v) is 1.17. The summed E-state index contributed by atoms with van der Waals surface area (Å²) in [4.78, 5) is 20.2. The average molecular weight is 323 g/mol. The Kier molecular flexibility index (Phi) is 6.26. The maximum atomic E-state index is 10.1. The van der Waals surface area contributed by atoms with Crippen LogP contribution in [0, 0.1) is 5.92 Å². The van der Waals surface area contributed by atoms with Crippen LogP contribution in [0.2, 0.25) is 0 Å². The Labute approximate surface area is 82.7 Å². The van der Waals surface area contributed by atoms with Gasteiger partial charge in [-0.15, -0.1) is 0 Å². The molecule has 0 spiro atoms. The number of aliphatic carboxylic acids is 2. The number of carbonyl (C=O) groups is 2. The molecule has 0 rings (SSSR count). The van der Waals surface area contributed by atoms with E-state index in [1.165, 1.54) is 6.92 Å². The van der Waals surface area contributed by atoms with E-state index in [1.807, 2.05) is 0 Å². The normalized spacial score (nSPS) is 11.0. The van der Waals surface area contributed by atoms with Gasteiger partial charge >= 0.3 is 11.9 Å². The zero-order valence-electron chi connectivity index (χ0n) is 6.00. The molecule has 0 radical (unpaired) electrons. The molecule has 0 amide bonds. The first-order valence-corrected chi connectivity index (χ1v) is 2.61. The van der Waals surface area contributed by atoms with E-state index in [1.54, 1.807) is 0 Å². The molecule has 0 aliphatic rings. The first-order valence-electron chi connectivity index (χ1n) is 2.61. The molecule has 2 N–H and O–H groups in total. The molecular weight excluding hydrogens is 315 g/mol. The standard InChI is InChI=1S/C6H8O4.Hf/c1-3(5(7)8)4(2)6(9)10;/h4H,1H2,2H3,(H,7,8)(H,9,10);. The Morgan fingerprint density at radius 2 is 1.73 bits per heavy atom. The van der Waals surface area contributed by atoms with Crippen LogP contribution in [0.5, 0.6) is 0 Å². The van der Waals surface area contributed by atoms with Gasteiger partial charge in [0.1, 0.15) is 0 Å². The molecule has 5 heteroatoms. The van der Waals surface area contributed by atoms with Gasteiger partial charge in [-0.1, -0.05) is 6.58 Å². The van der Waals surface area contributed by atoms with Crippen molar-refractivity contribution in [2.45, 2.75) is 6.92 Å². The molecule has 0 heterocycles. The van der Waals surface area contributed by atoms with Crippen molar-refractivity contribution in [3.05, 3.63) is 12.2 Å². The van der Waals surface area contributed by atoms with Crippen LogP contribution in [0.25, 0.3) is 0 Å². The monoisotopic (exact) mass is 324 g/mol. The molecule has 11 heavy (non-hydrogen) atoms. The van der Waals surface area contributed by atoms with Gasteiger partial charge in [0.25, 0.3) is 0 Å². The van der Waals surface area contributed by atoms with Crippen LogP contribution in [-0.2, 0) is 35.4 Å². The SMILES string of the molecule is C=C(C(=O)O)C(C)C(=O)O.[Hf]. The molecule has 60 valence electrons. The number of hydrogen-bond acceptors (Lipinski definition) is 2. The summed E-state index contributed by atoms with van der Waals surface area (Å²) in [6.07, 6.45) is 0. The van der Waals surface area contributed by atoms with Gasteiger partial charge in [-0.3, -0.25) is 4.79 Å². The van der Waals surface area contributed by atoms with Gasteiger partial charge in [0.05, 0.1) is 5.92 Å². The minimum Gasteiger partial charge on any atom is -0.481 e. The zero-order valence-corrected chi connectivity index (χ0v) is 9.59. The van der Waals surface area contributed by atoms with Crippen molar-refractivity contribution in [2.75, 3.05) is 0 Å². The average Bonchev–Trinajstić information content (AvgIpc) is 1.84. The Hall–Kier alpha value is -0.450. The fraction of sp³-hybridized carbons (Fsp3) is 0.333. The summed E-state index contributed by atoms with van der Waals surface area (Å²) < 4.78 is 0. The molecule has 0 aliphatic carbocycles. The van der Waals surface area contributed by atoms with E-state index in [2.05, 4.69) is 6.58 Å². The van der Waals surface area contributed by atoms with Gasteiger partial charge in [-0.25, -0.2) is 4.79 Å². The predicted octanol–water partition coefficient (Wildman–Crippen LogP) is 0.345. The second-order valence-corrected chi connectivity index (χ2v) is 1.89. The largest absolute Gasteiger partial charge is 0.481 e. The van der Waals surface area contributed by atoms with Crippen molar-refractivity contribution in [1.82, 2.24) is 0 Å². The maximum Gasteiger partial charge on any atom is 0.331 e. The third kappa shape index (κ3) is 4.08. The van der Waals surface area contributed by atoms with Crippen LogP contribution >= 0.6 is 0 Å². The van der Waals surface area contributed by atoms with E-state index in [-0.39, 0.29) is 31.4 Å². The van der Waals surface area contributed by atoms with Crippen LogP contribution in [0.3, 0.4) is 0 Å². The smallest absolute Gasteiger partial charge is 0.331 e. The van der Waals surface area contributed by atoms with Gasteiger partial charge in [0, 0.05) is 31.4 Å². The molecule has 0 saturated heterocycles. The van der Waals surface area contributed by atoms with Crippen LogP contribution in [0.4, 0.5) is 0 Å². The molecule has 4 nitrogen and oxygen atoms in total. The van der Waals surface area contributed by atoms with Gasteiger partial charge < -0.3 is 10.2 Å². The Morgan fingerprint density at radius 1 is 1.36 bits per heavy atom. The van der Waals surface area contributed by atoms with Gasteiger partial charge in [-0.2, -0.15) is 0 Å². The predicted molar refractivity (Wildman–Crippen MR) is 33.6 cm³/mol. The van der Waals surface area contributed by atoms with Gasteiger partial charge in [0.15, 0.2) is 0 Å². The van der Waals surface area contributed by atoms with Crippen molar-refractivity contribution in [2.24, 2.45) is 5.92 Å². The van der Waals surface area contributed by atoms with Crippen molar-refractivity contribution in [3.63, 3.8) is 0 Å². The van der Waals surface area contributed by atoms with Crippen molar-refractivity contribution < 1.29 is 45.6 Å². The van der Waals surface area contributed by atoms with Crippen molar-refractivity contribution in [1.29, 1.82) is 0 Å². The molecule has 0 aromatic carbocycles. The zero-order chi connectivity index (χ0) is 8.31. The van der Waals surface area contributed by atoms with Crippen LogP contribution in [0.15, 0.2) is 12.2 Å². The maximum absolute atomic E-state index is 10.1. The topological polar surface area (TPSA) is 74.6 Å². The summed E-state index contributed by atoms with van der Waals surface area (Å²) in [5.74, 6) is -3.46. The van der Waals surface area contributed by atoms with E-state index in [0.717, 1.165) is 0 Å². The van der Waals surface area contributed by atoms with Gasteiger partial charge in [-0.05, 0) is 6.92 Å². The van der Waals surface area contributed by atoms with E-state index in [9.17, 15) is 9.59 Å². The quantitative estimate of drug-likeness (QED) is 0.581. The molecule has 1 unspecified atom stereocenters. The Bertz CT molecular complexity index is 187. The first kappa shape index (κ1) is 13.2. The van der Waals surface area contributed by atoms with E-state index in [4.69, 9.17) is 10.2 Å². The number of rotatable bonds is 3. The molecule has 1 atom stereocenters. The second-order valence-electron chi connectivity index (χ2n) is 1.89. The molecule has 0 bridgehead atoms.